The van der Waals surface area contributed by atoms with Crippen LogP contribution < -0.4 is 0 Å². The van der Waals surface area contributed by atoms with E-state index in [0.29, 0.717) is 0 Å². The smallest absolute Gasteiger partial charge is 0.0923 e. The van der Waals surface area contributed by atoms with Gasteiger partial charge in [-0.15, -0.1) is 0 Å². The summed E-state index contributed by atoms with van der Waals surface area (Å²) in [5.41, 5.74) is 2.40. The zero-order chi connectivity index (χ0) is 13.7. The topological polar surface area (TPSA) is 20.2 Å². The lowest BCUT2D eigenvalue weighted by Gasteiger charge is -2.28. The third kappa shape index (κ3) is 1.72. The highest BCUT2D eigenvalue weighted by Crippen LogP contribution is 2.40. The molecular formula is C18H15BrO. The zero-order valence-corrected chi connectivity index (χ0v) is 12.6. The van der Waals surface area contributed by atoms with E-state index in [0.717, 1.165) is 18.4 Å². The van der Waals surface area contributed by atoms with Gasteiger partial charge in [-0.2, -0.15) is 0 Å². The van der Waals surface area contributed by atoms with Crippen molar-refractivity contribution in [3.05, 3.63) is 59.7 Å². The summed E-state index contributed by atoms with van der Waals surface area (Å²) in [7, 11) is 0. The largest absolute Gasteiger partial charge is 0.387 e. The number of fused-ring (bicyclic) bond motifs is 5. The molecule has 3 aromatic carbocycles. The van der Waals surface area contributed by atoms with Gasteiger partial charge in [0.25, 0.3) is 0 Å². The van der Waals surface area contributed by atoms with Crippen LogP contribution >= 0.6 is 15.9 Å². The number of rotatable bonds is 0. The van der Waals surface area contributed by atoms with Crippen LogP contribution in [0.5, 0.6) is 0 Å². The van der Waals surface area contributed by atoms with Crippen molar-refractivity contribution in [3.8, 4) is 0 Å². The summed E-state index contributed by atoms with van der Waals surface area (Å²) in [5, 5.41) is 15.5. The summed E-state index contributed by atoms with van der Waals surface area (Å²) in [4.78, 5) is 0.159. The van der Waals surface area contributed by atoms with Gasteiger partial charge in [-0.1, -0.05) is 64.5 Å². The number of aliphatic hydroxyl groups is 1. The second-order valence-electron chi connectivity index (χ2n) is 5.52. The van der Waals surface area contributed by atoms with E-state index in [4.69, 9.17) is 0 Å². The van der Waals surface area contributed by atoms with Gasteiger partial charge in [0.2, 0.25) is 0 Å². The van der Waals surface area contributed by atoms with Gasteiger partial charge in [0.05, 0.1) is 6.10 Å². The monoisotopic (exact) mass is 326 g/mol. The van der Waals surface area contributed by atoms with Gasteiger partial charge < -0.3 is 5.11 Å². The maximum atomic E-state index is 10.6. The Hall–Kier alpha value is -1.38. The molecule has 0 saturated carbocycles. The van der Waals surface area contributed by atoms with Crippen LogP contribution in [0.15, 0.2) is 48.5 Å². The zero-order valence-electron chi connectivity index (χ0n) is 11.0. The standard InChI is InChI=1S/C18H15BrO/c19-16-10-7-12-6-8-14-13-4-2-1-3-11(13)5-9-15(14)17(12)18(16)20/h1-6,8-9,16,18,20H,7,10H2/t16-,18+/m1/s1. The van der Waals surface area contributed by atoms with E-state index in [1.165, 1.54) is 27.1 Å². The molecule has 0 fully saturated rings. The molecule has 20 heavy (non-hydrogen) atoms. The fourth-order valence-electron chi connectivity index (χ4n) is 3.36. The molecule has 0 amide bonds. The van der Waals surface area contributed by atoms with Crippen LogP contribution in [0.3, 0.4) is 0 Å². The molecule has 1 N–H and O–H groups in total. The normalized spacial score (nSPS) is 22.1. The predicted octanol–water partition coefficient (Wildman–Crippen LogP) is 4.74. The average Bonchev–Trinajstić information content (AvgIpc) is 2.50. The Morgan fingerprint density at radius 1 is 0.900 bits per heavy atom. The number of benzene rings is 3. The second-order valence-corrected chi connectivity index (χ2v) is 6.70. The van der Waals surface area contributed by atoms with E-state index in [1.807, 2.05) is 0 Å². The van der Waals surface area contributed by atoms with Crippen molar-refractivity contribution >= 4 is 37.5 Å². The molecule has 1 aliphatic rings. The molecular weight excluding hydrogens is 312 g/mol. The van der Waals surface area contributed by atoms with Gasteiger partial charge in [-0.25, -0.2) is 0 Å². The second kappa shape index (κ2) is 4.57. The molecule has 2 heteroatoms. The van der Waals surface area contributed by atoms with Crippen molar-refractivity contribution in [2.75, 3.05) is 0 Å². The number of aliphatic hydroxyl groups excluding tert-OH is 1. The summed E-state index contributed by atoms with van der Waals surface area (Å²) in [6, 6.07) is 17.1. The van der Waals surface area contributed by atoms with Crippen LogP contribution in [0.4, 0.5) is 0 Å². The molecule has 0 aromatic heterocycles. The number of alkyl halides is 1. The maximum absolute atomic E-state index is 10.6. The third-order valence-electron chi connectivity index (χ3n) is 4.39. The van der Waals surface area contributed by atoms with E-state index in [2.05, 4.69) is 64.5 Å². The molecule has 0 saturated heterocycles. The van der Waals surface area contributed by atoms with Crippen molar-refractivity contribution in [1.29, 1.82) is 0 Å². The van der Waals surface area contributed by atoms with Crippen LogP contribution in [0.2, 0.25) is 0 Å². The van der Waals surface area contributed by atoms with E-state index >= 15 is 0 Å². The predicted molar refractivity (Wildman–Crippen MR) is 87.4 cm³/mol. The molecule has 1 aliphatic carbocycles. The van der Waals surface area contributed by atoms with Gasteiger partial charge in [0.1, 0.15) is 0 Å². The summed E-state index contributed by atoms with van der Waals surface area (Å²) < 4.78 is 0. The lowest BCUT2D eigenvalue weighted by molar-refractivity contribution is 0.167. The summed E-state index contributed by atoms with van der Waals surface area (Å²) in [6.07, 6.45) is 1.61. The molecule has 0 radical (unpaired) electrons. The number of hydrogen-bond donors (Lipinski definition) is 1. The molecule has 0 unspecified atom stereocenters. The van der Waals surface area contributed by atoms with Crippen molar-refractivity contribution in [1.82, 2.24) is 0 Å². The van der Waals surface area contributed by atoms with Gasteiger partial charge in [-0.3, -0.25) is 0 Å². The summed E-state index contributed by atoms with van der Waals surface area (Å²) >= 11 is 3.61. The minimum absolute atomic E-state index is 0.159. The fraction of sp³-hybridized carbons (Fsp3) is 0.222. The first kappa shape index (κ1) is 12.4. The highest BCUT2D eigenvalue weighted by atomic mass is 79.9. The molecule has 100 valence electrons. The van der Waals surface area contributed by atoms with E-state index in [9.17, 15) is 5.11 Å². The lowest BCUT2D eigenvalue weighted by Crippen LogP contribution is -2.20. The first-order chi connectivity index (χ1) is 9.75. The maximum Gasteiger partial charge on any atom is 0.0923 e. The van der Waals surface area contributed by atoms with Crippen molar-refractivity contribution < 1.29 is 5.11 Å². The Bertz CT molecular complexity index is 809. The van der Waals surface area contributed by atoms with E-state index in [1.54, 1.807) is 0 Å². The Morgan fingerprint density at radius 2 is 1.70 bits per heavy atom. The van der Waals surface area contributed by atoms with Crippen molar-refractivity contribution in [2.24, 2.45) is 0 Å². The number of hydrogen-bond acceptors (Lipinski definition) is 1. The Balaban J connectivity index is 2.12. The number of aryl methyl sites for hydroxylation is 1. The van der Waals surface area contributed by atoms with Gasteiger partial charge in [-0.05, 0) is 45.5 Å². The Kier molecular flexibility index (Phi) is 2.83. The highest BCUT2D eigenvalue weighted by Gasteiger charge is 2.27. The van der Waals surface area contributed by atoms with Crippen LogP contribution in [0.1, 0.15) is 23.7 Å². The van der Waals surface area contributed by atoms with Crippen LogP contribution in [-0.2, 0) is 6.42 Å². The SMILES string of the molecule is O[C@@H]1c2c(ccc3c2ccc2ccccc23)CC[C@H]1Br. The molecule has 0 heterocycles. The minimum atomic E-state index is -0.413. The third-order valence-corrected chi connectivity index (χ3v) is 5.34. The van der Waals surface area contributed by atoms with E-state index < -0.39 is 6.10 Å². The molecule has 4 rings (SSSR count). The molecule has 0 aliphatic heterocycles. The van der Waals surface area contributed by atoms with Crippen molar-refractivity contribution in [3.63, 3.8) is 0 Å². The fourth-order valence-corrected chi connectivity index (χ4v) is 3.85. The lowest BCUT2D eigenvalue weighted by atomic mass is 9.84. The highest BCUT2D eigenvalue weighted by molar-refractivity contribution is 9.09. The first-order valence-electron chi connectivity index (χ1n) is 7.01. The summed E-state index contributed by atoms with van der Waals surface area (Å²) in [5.74, 6) is 0. The van der Waals surface area contributed by atoms with Crippen LogP contribution in [0, 0.1) is 0 Å². The van der Waals surface area contributed by atoms with Gasteiger partial charge in [0.15, 0.2) is 0 Å². The van der Waals surface area contributed by atoms with Crippen LogP contribution in [-0.4, -0.2) is 9.93 Å². The van der Waals surface area contributed by atoms with Crippen molar-refractivity contribution in [2.45, 2.75) is 23.8 Å². The quantitative estimate of drug-likeness (QED) is 0.467. The van der Waals surface area contributed by atoms with Crippen LogP contribution in [0.25, 0.3) is 21.5 Å². The number of halogens is 1. The van der Waals surface area contributed by atoms with Gasteiger partial charge >= 0.3 is 0 Å². The molecule has 3 aromatic rings. The average molecular weight is 327 g/mol. The molecule has 0 spiro atoms. The first-order valence-corrected chi connectivity index (χ1v) is 7.92. The molecule has 2 atom stereocenters. The summed E-state index contributed by atoms with van der Waals surface area (Å²) in [6.45, 7) is 0. The molecule has 1 nitrogen and oxygen atoms in total. The molecule has 0 bridgehead atoms. The Morgan fingerprint density at radius 3 is 2.60 bits per heavy atom. The Labute approximate surface area is 126 Å². The minimum Gasteiger partial charge on any atom is -0.387 e. The van der Waals surface area contributed by atoms with E-state index in [-0.39, 0.29) is 4.83 Å². The van der Waals surface area contributed by atoms with Gasteiger partial charge in [0, 0.05) is 4.83 Å².